The van der Waals surface area contributed by atoms with Gasteiger partial charge in [0, 0.05) is 29.7 Å². The van der Waals surface area contributed by atoms with Crippen LogP contribution in [0.25, 0.3) is 0 Å². The molecule has 0 spiro atoms. The molecule has 16 nitrogen and oxygen atoms in total. The number of nitro groups is 4. The Morgan fingerprint density at radius 3 is 1.57 bits per heavy atom. The summed E-state index contributed by atoms with van der Waals surface area (Å²) in [7, 11) is 0. The van der Waals surface area contributed by atoms with E-state index in [1.807, 2.05) is 13.8 Å². The van der Waals surface area contributed by atoms with E-state index in [0.717, 1.165) is 59.5 Å². The number of allylic oxidation sites excluding steroid dienone is 2. The third-order valence-electron chi connectivity index (χ3n) is 9.51. The van der Waals surface area contributed by atoms with Gasteiger partial charge in [-0.2, -0.15) is 0 Å². The Hall–Kier alpha value is -5.54. The minimum absolute atomic E-state index is 0.168. The predicted octanol–water partition coefficient (Wildman–Crippen LogP) is 7.20. The van der Waals surface area contributed by atoms with E-state index in [9.17, 15) is 50.0 Å². The second-order valence-corrected chi connectivity index (χ2v) is 14.9. The molecule has 1 fully saturated rings. The molecule has 2 aromatic rings. The molecule has 1 saturated carbocycles. The number of rotatable bonds is 10. The Morgan fingerprint density at radius 2 is 1.12 bits per heavy atom. The van der Waals surface area contributed by atoms with Gasteiger partial charge in [0.2, 0.25) is 0 Å². The topological polar surface area (TPSA) is 225 Å². The van der Waals surface area contributed by atoms with Crippen molar-refractivity contribution in [3.63, 3.8) is 0 Å². The molecule has 2 aromatic carbocycles. The molecule has 3 aliphatic rings. The number of ether oxygens (including phenoxy) is 2. The van der Waals surface area contributed by atoms with Crippen LogP contribution in [-0.2, 0) is 9.47 Å². The first-order valence-corrected chi connectivity index (χ1v) is 15.3. The van der Waals surface area contributed by atoms with Crippen molar-refractivity contribution in [2.75, 3.05) is 13.2 Å². The van der Waals surface area contributed by atoms with Gasteiger partial charge in [-0.05, 0) is 58.6 Å². The first kappa shape index (κ1) is 34.8. The van der Waals surface area contributed by atoms with Crippen LogP contribution in [0.5, 0.6) is 0 Å². The van der Waals surface area contributed by atoms with Gasteiger partial charge in [-0.3, -0.25) is 40.5 Å². The number of hydrogen-bond acceptors (Lipinski definition) is 12. The number of benzene rings is 2. The molecule has 0 aliphatic heterocycles. The van der Waals surface area contributed by atoms with Crippen molar-refractivity contribution in [2.45, 2.75) is 60.3 Å². The van der Waals surface area contributed by atoms with E-state index in [1.165, 1.54) is 0 Å². The lowest BCUT2D eigenvalue weighted by molar-refractivity contribution is -0.394. The van der Waals surface area contributed by atoms with Crippen LogP contribution in [0.15, 0.2) is 59.2 Å². The van der Waals surface area contributed by atoms with Crippen LogP contribution in [0, 0.1) is 62.1 Å². The van der Waals surface area contributed by atoms with Crippen molar-refractivity contribution in [3.05, 3.63) is 111 Å². The van der Waals surface area contributed by atoms with E-state index < -0.39 is 65.2 Å². The van der Waals surface area contributed by atoms with E-state index in [2.05, 4.69) is 26.8 Å². The highest BCUT2D eigenvalue weighted by molar-refractivity contribution is 5.92. The summed E-state index contributed by atoms with van der Waals surface area (Å²) in [5, 5.41) is 45.7. The summed E-state index contributed by atoms with van der Waals surface area (Å²) in [6, 6.07) is 5.18. The molecule has 2 bridgehead atoms. The first-order valence-electron chi connectivity index (χ1n) is 15.3. The molecule has 0 saturated heterocycles. The number of nitrogens with zero attached hydrogens (tertiary/aromatic N) is 4. The van der Waals surface area contributed by atoms with Gasteiger partial charge >= 0.3 is 11.9 Å². The van der Waals surface area contributed by atoms with Crippen LogP contribution >= 0.6 is 0 Å². The van der Waals surface area contributed by atoms with Gasteiger partial charge in [-0.1, -0.05) is 40.7 Å². The summed E-state index contributed by atoms with van der Waals surface area (Å²) in [5.74, 6) is -1.97. The molecular formula is C33H34N4O12. The molecule has 5 rings (SSSR count). The fourth-order valence-corrected chi connectivity index (χ4v) is 8.45. The van der Waals surface area contributed by atoms with Crippen LogP contribution in [-0.4, -0.2) is 44.8 Å². The molecule has 2 unspecified atom stereocenters. The quantitative estimate of drug-likeness (QED) is 0.138. The van der Waals surface area contributed by atoms with Crippen molar-refractivity contribution in [3.8, 4) is 0 Å². The lowest BCUT2D eigenvalue weighted by Crippen LogP contribution is -2.48. The summed E-state index contributed by atoms with van der Waals surface area (Å²) in [4.78, 5) is 68.9. The van der Waals surface area contributed by atoms with Gasteiger partial charge in [0.05, 0.1) is 43.0 Å². The summed E-state index contributed by atoms with van der Waals surface area (Å²) in [6.07, 6.45) is 4.72. The highest BCUT2D eigenvalue weighted by atomic mass is 16.6. The second kappa shape index (κ2) is 11.9. The summed E-state index contributed by atoms with van der Waals surface area (Å²) in [5.41, 5.74) is -2.59. The SMILES string of the molecule is CC1(C)CC2(C)C=C3CC(C)(C)C(COC(=O)c4cc([N+](=O)[O-])cc([N+](=O)[O-])c4)=C3C(COC(=O)c3cc([N+](=O)[O-])cc([N+](=O)[O-])c3)(C1)C2. The van der Waals surface area contributed by atoms with Crippen LogP contribution in [0.1, 0.15) is 81.0 Å². The maximum absolute atomic E-state index is 13.4. The van der Waals surface area contributed by atoms with Gasteiger partial charge in [-0.25, -0.2) is 9.59 Å². The van der Waals surface area contributed by atoms with Crippen LogP contribution in [0.2, 0.25) is 0 Å². The third-order valence-corrected chi connectivity index (χ3v) is 9.51. The fourth-order valence-electron chi connectivity index (χ4n) is 8.45. The predicted molar refractivity (Wildman–Crippen MR) is 172 cm³/mol. The van der Waals surface area contributed by atoms with Crippen LogP contribution in [0.3, 0.4) is 0 Å². The van der Waals surface area contributed by atoms with Crippen LogP contribution < -0.4 is 0 Å². The Bertz CT molecular complexity index is 1850. The molecule has 16 heteroatoms. The van der Waals surface area contributed by atoms with Gasteiger partial charge in [-0.15, -0.1) is 0 Å². The number of carbonyl (C=O) groups is 2. The maximum atomic E-state index is 13.4. The lowest BCUT2D eigenvalue weighted by Gasteiger charge is -2.56. The van der Waals surface area contributed by atoms with Crippen LogP contribution in [0.4, 0.5) is 22.7 Å². The lowest BCUT2D eigenvalue weighted by atomic mass is 9.49. The van der Waals surface area contributed by atoms with Gasteiger partial charge in [0.25, 0.3) is 22.7 Å². The molecule has 3 aliphatic carbocycles. The Kier molecular flexibility index (Phi) is 8.42. The monoisotopic (exact) mass is 678 g/mol. The first-order chi connectivity index (χ1) is 22.6. The fraction of sp³-hybridized carbons (Fsp3) is 0.455. The molecule has 0 aromatic heterocycles. The molecule has 0 heterocycles. The number of hydrogen-bond donors (Lipinski definition) is 0. The average molecular weight is 679 g/mol. The van der Waals surface area contributed by atoms with Gasteiger partial charge in [0.15, 0.2) is 0 Å². The van der Waals surface area contributed by atoms with Crippen molar-refractivity contribution < 1.29 is 38.8 Å². The minimum atomic E-state index is -0.995. The molecular weight excluding hydrogens is 644 g/mol. The average Bonchev–Trinajstić information content (AvgIpc) is 3.25. The Morgan fingerprint density at radius 1 is 0.673 bits per heavy atom. The molecule has 0 N–H and O–H groups in total. The normalized spacial score (nSPS) is 23.2. The third kappa shape index (κ3) is 6.75. The van der Waals surface area contributed by atoms with Crippen molar-refractivity contribution in [1.82, 2.24) is 0 Å². The summed E-state index contributed by atoms with van der Waals surface area (Å²) in [6.45, 7) is 9.84. The van der Waals surface area contributed by atoms with E-state index in [-0.39, 0.29) is 35.2 Å². The van der Waals surface area contributed by atoms with E-state index in [4.69, 9.17) is 9.47 Å². The highest BCUT2D eigenvalue weighted by Gasteiger charge is 2.58. The minimum Gasteiger partial charge on any atom is -0.461 e. The molecule has 49 heavy (non-hydrogen) atoms. The van der Waals surface area contributed by atoms with Crippen molar-refractivity contribution in [2.24, 2.45) is 21.7 Å². The molecule has 0 amide bonds. The number of non-ortho nitro benzene ring substituents is 4. The number of fused-ring (bicyclic) bond motifs is 4. The zero-order valence-electron chi connectivity index (χ0n) is 27.5. The standard InChI is InChI=1S/C33H34N4O12/c1-30(2)15-32(5)13-21-12-31(3,4)26(14-48-28(38)19-6-22(34(40)41)10-23(7-19)35(42)43)27(21)33(16-30,17-32)18-49-29(39)20-8-24(36(44)45)11-25(9-20)37(46)47/h6-11,13H,12,14-18H2,1-5H3. The molecule has 2 atom stereocenters. The molecule has 0 radical (unpaired) electrons. The second-order valence-electron chi connectivity index (χ2n) is 14.9. The summed E-state index contributed by atoms with van der Waals surface area (Å²) < 4.78 is 11.5. The number of nitro benzene ring substituents is 4. The zero-order chi connectivity index (χ0) is 36.3. The van der Waals surface area contributed by atoms with E-state index in [0.29, 0.717) is 19.3 Å². The Balaban J connectivity index is 1.54. The number of carbonyl (C=O) groups excluding carboxylic acids is 2. The Labute approximate surface area is 279 Å². The maximum Gasteiger partial charge on any atom is 0.338 e. The number of esters is 2. The van der Waals surface area contributed by atoms with E-state index in [1.54, 1.807) is 0 Å². The van der Waals surface area contributed by atoms with Crippen molar-refractivity contribution >= 4 is 34.7 Å². The zero-order valence-corrected chi connectivity index (χ0v) is 27.5. The van der Waals surface area contributed by atoms with Crippen molar-refractivity contribution in [1.29, 1.82) is 0 Å². The summed E-state index contributed by atoms with van der Waals surface area (Å²) >= 11 is 0. The highest BCUT2D eigenvalue weighted by Crippen LogP contribution is 2.67. The van der Waals surface area contributed by atoms with Gasteiger partial charge in [0.1, 0.15) is 13.2 Å². The molecule has 258 valence electrons. The van der Waals surface area contributed by atoms with Gasteiger partial charge < -0.3 is 9.47 Å². The van der Waals surface area contributed by atoms with E-state index >= 15 is 0 Å². The smallest absolute Gasteiger partial charge is 0.338 e. The largest absolute Gasteiger partial charge is 0.461 e.